The molecule has 1 N–H and O–H groups in total. The molecule has 0 amide bonds. The number of alkyl halides is 3. The summed E-state index contributed by atoms with van der Waals surface area (Å²) in [5.41, 5.74) is -1.14. The summed E-state index contributed by atoms with van der Waals surface area (Å²) in [7, 11) is -4.12. The van der Waals surface area contributed by atoms with Crippen molar-refractivity contribution in [2.75, 3.05) is 6.54 Å². The first-order valence-electron chi connectivity index (χ1n) is 5.45. The third kappa shape index (κ3) is 3.71. The fourth-order valence-corrected chi connectivity index (χ4v) is 2.70. The Morgan fingerprint density at radius 2 is 1.83 bits per heavy atom. The van der Waals surface area contributed by atoms with E-state index in [1.807, 2.05) is 6.92 Å². The summed E-state index contributed by atoms with van der Waals surface area (Å²) < 4.78 is 63.7. The Labute approximate surface area is 104 Å². The van der Waals surface area contributed by atoms with Gasteiger partial charge in [-0.05, 0) is 18.6 Å². The molecule has 0 spiro atoms. The van der Waals surface area contributed by atoms with E-state index < -0.39 is 26.7 Å². The van der Waals surface area contributed by atoms with Crippen LogP contribution in [0.4, 0.5) is 13.2 Å². The topological polar surface area (TPSA) is 46.2 Å². The smallest absolute Gasteiger partial charge is 0.211 e. The molecular weight excluding hydrogens is 267 g/mol. The van der Waals surface area contributed by atoms with Gasteiger partial charge in [0.15, 0.2) is 0 Å². The molecule has 0 aromatic heterocycles. The van der Waals surface area contributed by atoms with Crippen molar-refractivity contribution in [2.45, 2.75) is 30.8 Å². The molecule has 0 bridgehead atoms. The largest absolute Gasteiger partial charge is 0.417 e. The van der Waals surface area contributed by atoms with E-state index in [2.05, 4.69) is 4.72 Å². The van der Waals surface area contributed by atoms with E-state index in [1.54, 1.807) is 0 Å². The first kappa shape index (κ1) is 15.0. The summed E-state index contributed by atoms with van der Waals surface area (Å²) in [6.07, 6.45) is -3.35. The predicted octanol–water partition coefficient (Wildman–Crippen LogP) is 2.78. The van der Waals surface area contributed by atoms with Gasteiger partial charge in [0.2, 0.25) is 10.0 Å². The van der Waals surface area contributed by atoms with Gasteiger partial charge in [-0.15, -0.1) is 0 Å². The molecule has 0 aliphatic carbocycles. The van der Waals surface area contributed by atoms with Crippen LogP contribution >= 0.6 is 0 Å². The second-order valence-corrected chi connectivity index (χ2v) is 5.48. The minimum absolute atomic E-state index is 0.130. The van der Waals surface area contributed by atoms with Crippen LogP contribution in [-0.2, 0) is 16.2 Å². The summed E-state index contributed by atoms with van der Waals surface area (Å²) in [5, 5.41) is 0. The van der Waals surface area contributed by atoms with Crippen molar-refractivity contribution in [2.24, 2.45) is 0 Å². The SMILES string of the molecule is CCCCNS(=O)(=O)c1ccccc1C(F)(F)F. The fraction of sp³-hybridized carbons (Fsp3) is 0.455. The highest BCUT2D eigenvalue weighted by molar-refractivity contribution is 7.89. The molecule has 1 aromatic carbocycles. The molecule has 0 saturated heterocycles. The maximum atomic E-state index is 12.7. The molecule has 0 unspecified atom stereocenters. The van der Waals surface area contributed by atoms with Crippen molar-refractivity contribution in [1.29, 1.82) is 0 Å². The summed E-state index contributed by atoms with van der Waals surface area (Å²) in [5.74, 6) is 0. The van der Waals surface area contributed by atoms with E-state index in [9.17, 15) is 21.6 Å². The van der Waals surface area contributed by atoms with E-state index in [4.69, 9.17) is 0 Å². The van der Waals surface area contributed by atoms with Crippen molar-refractivity contribution in [1.82, 2.24) is 4.72 Å². The molecule has 7 heteroatoms. The lowest BCUT2D eigenvalue weighted by atomic mass is 10.2. The monoisotopic (exact) mass is 281 g/mol. The van der Waals surface area contributed by atoms with Gasteiger partial charge in [-0.2, -0.15) is 13.2 Å². The van der Waals surface area contributed by atoms with Crippen molar-refractivity contribution < 1.29 is 21.6 Å². The maximum absolute atomic E-state index is 12.7. The van der Waals surface area contributed by atoms with E-state index >= 15 is 0 Å². The van der Waals surface area contributed by atoms with Gasteiger partial charge >= 0.3 is 6.18 Å². The van der Waals surface area contributed by atoms with Crippen molar-refractivity contribution in [3.8, 4) is 0 Å². The van der Waals surface area contributed by atoms with Crippen LogP contribution in [0.3, 0.4) is 0 Å². The van der Waals surface area contributed by atoms with E-state index in [0.29, 0.717) is 6.42 Å². The summed E-state index contributed by atoms with van der Waals surface area (Å²) >= 11 is 0. The third-order valence-corrected chi connectivity index (χ3v) is 3.82. The number of hydrogen-bond acceptors (Lipinski definition) is 2. The van der Waals surface area contributed by atoms with Crippen LogP contribution in [0.5, 0.6) is 0 Å². The Kier molecular flexibility index (Phi) is 4.75. The molecule has 18 heavy (non-hydrogen) atoms. The Morgan fingerprint density at radius 3 is 2.39 bits per heavy atom. The van der Waals surface area contributed by atoms with E-state index in [-0.39, 0.29) is 6.54 Å². The van der Waals surface area contributed by atoms with Crippen LogP contribution in [-0.4, -0.2) is 15.0 Å². The quantitative estimate of drug-likeness (QED) is 0.844. The van der Waals surface area contributed by atoms with Gasteiger partial charge in [0, 0.05) is 6.54 Å². The number of benzene rings is 1. The number of hydrogen-bond donors (Lipinski definition) is 1. The van der Waals surface area contributed by atoms with Crippen molar-refractivity contribution in [3.63, 3.8) is 0 Å². The predicted molar refractivity (Wildman–Crippen MR) is 61.5 cm³/mol. The molecule has 1 rings (SSSR count). The van der Waals surface area contributed by atoms with E-state index in [0.717, 1.165) is 24.6 Å². The molecule has 0 radical (unpaired) electrons. The minimum atomic E-state index is -4.68. The fourth-order valence-electron chi connectivity index (χ4n) is 1.40. The lowest BCUT2D eigenvalue weighted by molar-refractivity contribution is -0.139. The molecule has 0 saturated carbocycles. The number of sulfonamides is 1. The molecule has 102 valence electrons. The molecule has 0 aliphatic heterocycles. The average molecular weight is 281 g/mol. The van der Waals surface area contributed by atoms with Gasteiger partial charge in [-0.1, -0.05) is 25.5 Å². The summed E-state index contributed by atoms with van der Waals surface area (Å²) in [4.78, 5) is -0.728. The zero-order chi connectivity index (χ0) is 13.8. The van der Waals surface area contributed by atoms with Crippen LogP contribution in [0.15, 0.2) is 29.2 Å². The van der Waals surface area contributed by atoms with E-state index in [1.165, 1.54) is 6.07 Å². The van der Waals surface area contributed by atoms with Gasteiger partial charge in [0.1, 0.15) is 0 Å². The molecule has 0 aliphatic rings. The van der Waals surface area contributed by atoms with Crippen molar-refractivity contribution >= 4 is 10.0 Å². The molecule has 0 atom stereocenters. The highest BCUT2D eigenvalue weighted by atomic mass is 32.2. The average Bonchev–Trinajstić information content (AvgIpc) is 2.28. The normalized spacial score (nSPS) is 12.7. The van der Waals surface area contributed by atoms with Crippen molar-refractivity contribution in [3.05, 3.63) is 29.8 Å². The van der Waals surface area contributed by atoms with Crippen LogP contribution < -0.4 is 4.72 Å². The zero-order valence-electron chi connectivity index (χ0n) is 9.79. The number of unbranched alkanes of at least 4 members (excludes halogenated alkanes) is 1. The van der Waals surface area contributed by atoms with Gasteiger partial charge < -0.3 is 0 Å². The third-order valence-electron chi connectivity index (χ3n) is 2.30. The van der Waals surface area contributed by atoms with Gasteiger partial charge in [-0.3, -0.25) is 0 Å². The molecule has 1 aromatic rings. The van der Waals surface area contributed by atoms with Gasteiger partial charge in [-0.25, -0.2) is 13.1 Å². The maximum Gasteiger partial charge on any atom is 0.417 e. The van der Waals surface area contributed by atoms with Crippen LogP contribution in [0.25, 0.3) is 0 Å². The van der Waals surface area contributed by atoms with Crippen LogP contribution in [0, 0.1) is 0 Å². The molecule has 0 fully saturated rings. The minimum Gasteiger partial charge on any atom is -0.211 e. The van der Waals surface area contributed by atoms with Crippen LogP contribution in [0.2, 0.25) is 0 Å². The standard InChI is InChI=1S/C11H14F3NO2S/c1-2-3-8-15-18(16,17)10-7-5-4-6-9(10)11(12,13)14/h4-7,15H,2-3,8H2,1H3. The first-order valence-corrected chi connectivity index (χ1v) is 6.93. The summed E-state index contributed by atoms with van der Waals surface area (Å²) in [6, 6.07) is 4.14. The summed E-state index contributed by atoms with van der Waals surface area (Å²) in [6.45, 7) is 1.99. The second-order valence-electron chi connectivity index (χ2n) is 3.75. The Balaban J connectivity index is 3.09. The lowest BCUT2D eigenvalue weighted by Crippen LogP contribution is -2.27. The number of halogens is 3. The molecular formula is C11H14F3NO2S. The number of nitrogens with one attached hydrogen (secondary N) is 1. The lowest BCUT2D eigenvalue weighted by Gasteiger charge is -2.13. The van der Waals surface area contributed by atoms with Crippen LogP contribution in [0.1, 0.15) is 25.3 Å². The Hall–Kier alpha value is -1.08. The number of rotatable bonds is 5. The van der Waals surface area contributed by atoms with Gasteiger partial charge in [0.25, 0.3) is 0 Å². The molecule has 0 heterocycles. The highest BCUT2D eigenvalue weighted by Gasteiger charge is 2.36. The zero-order valence-corrected chi connectivity index (χ0v) is 10.6. The Bertz CT molecular complexity index is 497. The first-order chi connectivity index (χ1) is 8.29. The highest BCUT2D eigenvalue weighted by Crippen LogP contribution is 2.33. The Morgan fingerprint density at radius 1 is 1.22 bits per heavy atom. The molecule has 3 nitrogen and oxygen atoms in total. The second kappa shape index (κ2) is 5.71. The van der Waals surface area contributed by atoms with Gasteiger partial charge in [0.05, 0.1) is 10.5 Å².